The molecule has 0 amide bonds. The largest absolute Gasteiger partial charge is 0.379 e. The van der Waals surface area contributed by atoms with Crippen LogP contribution >= 0.6 is 23.3 Å². The molecule has 2 aliphatic rings. The van der Waals surface area contributed by atoms with Crippen LogP contribution in [0.25, 0.3) is 6.08 Å². The fourth-order valence-electron chi connectivity index (χ4n) is 2.59. The van der Waals surface area contributed by atoms with Crippen LogP contribution in [0, 0.1) is 0 Å². The fraction of sp³-hybridized carbons (Fsp3) is 0.571. The van der Waals surface area contributed by atoms with Crippen molar-refractivity contribution in [2.24, 2.45) is 5.14 Å². The van der Waals surface area contributed by atoms with E-state index in [1.807, 2.05) is 0 Å². The van der Waals surface area contributed by atoms with Gasteiger partial charge in [-0.05, 0) is 30.5 Å². The summed E-state index contributed by atoms with van der Waals surface area (Å²) in [5.41, 5.74) is 2.17. The van der Waals surface area contributed by atoms with E-state index >= 15 is 0 Å². The van der Waals surface area contributed by atoms with Crippen LogP contribution in [0.1, 0.15) is 18.9 Å². The maximum Gasteiger partial charge on any atom is 0.247 e. The van der Waals surface area contributed by atoms with Crippen LogP contribution in [0.4, 0.5) is 0 Å². The summed E-state index contributed by atoms with van der Waals surface area (Å²) in [5.74, 6) is 0. The van der Waals surface area contributed by atoms with Gasteiger partial charge in [0, 0.05) is 37.4 Å². The van der Waals surface area contributed by atoms with Crippen LogP contribution < -0.4 is 5.14 Å². The number of nitrogens with zero attached hydrogens (tertiary/aromatic N) is 2. The molecule has 128 valence electrons. The minimum atomic E-state index is -3.64. The first kappa shape index (κ1) is 17.2. The molecule has 0 saturated carbocycles. The van der Waals surface area contributed by atoms with Gasteiger partial charge in [0.25, 0.3) is 0 Å². The highest BCUT2D eigenvalue weighted by Gasteiger charge is 2.25. The molecule has 23 heavy (non-hydrogen) atoms. The van der Waals surface area contributed by atoms with Gasteiger partial charge in [-0.15, -0.1) is 11.3 Å². The summed E-state index contributed by atoms with van der Waals surface area (Å²) in [6, 6.07) is 1.69. The van der Waals surface area contributed by atoms with Crippen LogP contribution in [-0.4, -0.2) is 57.0 Å². The Morgan fingerprint density at radius 2 is 2.09 bits per heavy atom. The molecule has 0 spiro atoms. The van der Waals surface area contributed by atoms with Crippen molar-refractivity contribution in [2.75, 3.05) is 39.4 Å². The zero-order valence-corrected chi connectivity index (χ0v) is 15.5. The maximum atomic E-state index is 11.6. The first-order chi connectivity index (χ1) is 11.0. The van der Waals surface area contributed by atoms with Crippen molar-refractivity contribution in [3.05, 3.63) is 17.3 Å². The van der Waals surface area contributed by atoms with E-state index in [0.29, 0.717) is 0 Å². The van der Waals surface area contributed by atoms with Crippen LogP contribution in [-0.2, 0) is 14.8 Å². The van der Waals surface area contributed by atoms with E-state index in [1.54, 1.807) is 18.0 Å². The van der Waals surface area contributed by atoms with Crippen LogP contribution in [0.5, 0.6) is 0 Å². The van der Waals surface area contributed by atoms with Gasteiger partial charge in [-0.2, -0.15) is 0 Å². The Morgan fingerprint density at radius 3 is 2.74 bits per heavy atom. The summed E-state index contributed by atoms with van der Waals surface area (Å²) >= 11 is 2.87. The number of sulfonamides is 1. The van der Waals surface area contributed by atoms with Crippen molar-refractivity contribution in [1.29, 1.82) is 0 Å². The second-order valence-corrected chi connectivity index (χ2v) is 9.70. The summed E-state index contributed by atoms with van der Waals surface area (Å²) < 4.78 is 32.0. The van der Waals surface area contributed by atoms with E-state index in [9.17, 15) is 8.42 Å². The van der Waals surface area contributed by atoms with E-state index in [1.165, 1.54) is 17.0 Å². The Labute approximate surface area is 145 Å². The number of rotatable bonds is 5. The highest BCUT2D eigenvalue weighted by atomic mass is 32.3. The average molecular weight is 376 g/mol. The summed E-state index contributed by atoms with van der Waals surface area (Å²) in [6.07, 6.45) is 3.14. The SMILES string of the molecule is CCCN1Sc2sc(S(N)(=O)=O)cc2C=C1CN1CCOCC1. The quantitative estimate of drug-likeness (QED) is 0.791. The summed E-state index contributed by atoms with van der Waals surface area (Å²) in [5, 5.41) is 5.26. The van der Waals surface area contributed by atoms with Crippen molar-refractivity contribution in [2.45, 2.75) is 21.8 Å². The molecule has 9 heteroatoms. The third kappa shape index (κ3) is 4.09. The van der Waals surface area contributed by atoms with Gasteiger partial charge in [-0.3, -0.25) is 4.90 Å². The molecule has 0 bridgehead atoms. The smallest absolute Gasteiger partial charge is 0.247 e. The van der Waals surface area contributed by atoms with E-state index in [2.05, 4.69) is 22.2 Å². The molecule has 3 rings (SSSR count). The lowest BCUT2D eigenvalue weighted by molar-refractivity contribution is 0.0407. The van der Waals surface area contributed by atoms with Crippen molar-refractivity contribution in [3.8, 4) is 0 Å². The van der Waals surface area contributed by atoms with E-state index in [-0.39, 0.29) is 4.21 Å². The molecule has 1 aromatic rings. The van der Waals surface area contributed by atoms with Gasteiger partial charge in [0.1, 0.15) is 4.21 Å². The summed E-state index contributed by atoms with van der Waals surface area (Å²) in [7, 11) is -3.64. The highest BCUT2D eigenvalue weighted by molar-refractivity contribution is 7.99. The Hall–Kier alpha value is -0.580. The maximum absolute atomic E-state index is 11.6. The van der Waals surface area contributed by atoms with E-state index < -0.39 is 10.0 Å². The number of fused-ring (bicyclic) bond motifs is 1. The van der Waals surface area contributed by atoms with Gasteiger partial charge in [0.05, 0.1) is 17.4 Å². The predicted octanol–water partition coefficient (Wildman–Crippen LogP) is 1.80. The number of morpholine rings is 1. The average Bonchev–Trinajstić information content (AvgIpc) is 2.92. The third-order valence-electron chi connectivity index (χ3n) is 3.73. The first-order valence-electron chi connectivity index (χ1n) is 7.60. The Morgan fingerprint density at radius 1 is 1.35 bits per heavy atom. The van der Waals surface area contributed by atoms with Gasteiger partial charge in [-0.1, -0.05) is 6.92 Å². The topological polar surface area (TPSA) is 75.9 Å². The Kier molecular flexibility index (Phi) is 5.34. The fourth-order valence-corrected chi connectivity index (χ4v) is 5.97. The molecule has 0 radical (unpaired) electrons. The number of thiophene rings is 1. The van der Waals surface area contributed by atoms with Gasteiger partial charge >= 0.3 is 0 Å². The minimum Gasteiger partial charge on any atom is -0.379 e. The molecule has 1 saturated heterocycles. The molecule has 0 unspecified atom stereocenters. The highest BCUT2D eigenvalue weighted by Crippen LogP contribution is 2.42. The van der Waals surface area contributed by atoms with Crippen molar-refractivity contribution in [1.82, 2.24) is 9.21 Å². The van der Waals surface area contributed by atoms with Crippen LogP contribution in [0.3, 0.4) is 0 Å². The second-order valence-electron chi connectivity index (χ2n) is 5.57. The molecular formula is C14H21N3O3S3. The zero-order valence-electron chi connectivity index (χ0n) is 13.0. The normalized spacial score (nSPS) is 19.6. The van der Waals surface area contributed by atoms with Crippen LogP contribution in [0.2, 0.25) is 0 Å². The zero-order chi connectivity index (χ0) is 16.4. The van der Waals surface area contributed by atoms with E-state index in [4.69, 9.17) is 9.88 Å². The van der Waals surface area contributed by atoms with Gasteiger partial charge in [0.2, 0.25) is 10.0 Å². The number of primary sulfonamides is 1. The number of nitrogens with two attached hydrogens (primary N) is 1. The molecular weight excluding hydrogens is 354 g/mol. The van der Waals surface area contributed by atoms with Gasteiger partial charge in [-0.25, -0.2) is 13.6 Å². The number of hydrogen-bond donors (Lipinski definition) is 1. The van der Waals surface area contributed by atoms with Crippen molar-refractivity contribution >= 4 is 39.4 Å². The monoisotopic (exact) mass is 375 g/mol. The lowest BCUT2D eigenvalue weighted by atomic mass is 10.2. The Balaban J connectivity index is 1.86. The van der Waals surface area contributed by atoms with E-state index in [0.717, 1.165) is 55.6 Å². The summed E-state index contributed by atoms with van der Waals surface area (Å²) in [6.45, 7) is 7.34. The standard InChI is InChI=1S/C14H21N3O3S3/c1-2-3-17-12(10-16-4-6-20-7-5-16)8-11-9-13(23(15,18)19)21-14(11)22-17/h8-9H,2-7,10H2,1H3,(H2,15,18,19). The molecule has 2 N–H and O–H groups in total. The van der Waals surface area contributed by atoms with Gasteiger partial charge < -0.3 is 9.04 Å². The molecule has 1 fully saturated rings. The molecule has 0 aliphatic carbocycles. The molecule has 0 aromatic carbocycles. The molecule has 0 atom stereocenters. The summed E-state index contributed by atoms with van der Waals surface area (Å²) in [4.78, 5) is 2.37. The minimum absolute atomic E-state index is 0.232. The molecule has 1 aromatic heterocycles. The van der Waals surface area contributed by atoms with Crippen LogP contribution in [0.15, 0.2) is 20.2 Å². The molecule has 2 aliphatic heterocycles. The third-order valence-corrected chi connectivity index (χ3v) is 7.61. The molecule has 3 heterocycles. The molecule has 6 nitrogen and oxygen atoms in total. The first-order valence-corrected chi connectivity index (χ1v) is 10.7. The number of ether oxygens (including phenoxy) is 1. The lowest BCUT2D eigenvalue weighted by Crippen LogP contribution is -2.39. The second kappa shape index (κ2) is 7.12. The van der Waals surface area contributed by atoms with Gasteiger partial charge in [0.15, 0.2) is 0 Å². The number of hydrogen-bond acceptors (Lipinski definition) is 7. The predicted molar refractivity (Wildman–Crippen MR) is 93.8 cm³/mol. The Bertz CT molecular complexity index is 693. The van der Waals surface area contributed by atoms with Crippen molar-refractivity contribution in [3.63, 3.8) is 0 Å². The van der Waals surface area contributed by atoms with Crippen molar-refractivity contribution < 1.29 is 13.2 Å². The lowest BCUT2D eigenvalue weighted by Gasteiger charge is -2.34.